The first-order valence-corrected chi connectivity index (χ1v) is 11.1. The summed E-state index contributed by atoms with van der Waals surface area (Å²) < 4.78 is 16.3. The number of thiophene rings is 1. The number of nitrogens with zero attached hydrogens (tertiary/aromatic N) is 5. The highest BCUT2D eigenvalue weighted by Crippen LogP contribution is 2.41. The Balaban J connectivity index is 1.53. The van der Waals surface area contributed by atoms with E-state index in [-0.39, 0.29) is 30.3 Å². The van der Waals surface area contributed by atoms with Crippen molar-refractivity contribution in [3.63, 3.8) is 0 Å². The molecule has 4 rings (SSSR count). The first-order valence-electron chi connectivity index (χ1n) is 9.22. The topological polar surface area (TPSA) is 74.8 Å². The summed E-state index contributed by atoms with van der Waals surface area (Å²) in [4.78, 5) is 15.3. The van der Waals surface area contributed by atoms with Gasteiger partial charge in [0.05, 0.1) is 28.8 Å². The minimum atomic E-state index is -0.482. The number of carbonyl (C=O) groups excluding carboxylic acids is 1. The molecule has 1 saturated carbocycles. The molecule has 0 aliphatic heterocycles. The number of halogens is 1. The maximum atomic E-state index is 14.2. The van der Waals surface area contributed by atoms with E-state index in [0.717, 1.165) is 23.5 Å². The molecule has 0 N–H and O–H groups in total. The van der Waals surface area contributed by atoms with Crippen molar-refractivity contribution in [2.75, 3.05) is 17.2 Å². The van der Waals surface area contributed by atoms with Crippen LogP contribution in [0.5, 0.6) is 0 Å². The number of nitriles is 1. The predicted octanol–water partition coefficient (Wildman–Crippen LogP) is 4.52. The molecule has 0 saturated heterocycles. The van der Waals surface area contributed by atoms with Crippen LogP contribution in [-0.4, -0.2) is 33.0 Å². The number of benzene rings is 1. The molecule has 1 aliphatic carbocycles. The Bertz CT molecular complexity index is 1040. The lowest BCUT2D eigenvalue weighted by Crippen LogP contribution is -2.34. The average molecular weight is 428 g/mol. The zero-order valence-electron chi connectivity index (χ0n) is 15.5. The summed E-state index contributed by atoms with van der Waals surface area (Å²) in [5.41, 5.74) is 0.191. The standard InChI is InChI=1S/C20H18FN5OS2/c21-15-5-1-2-6-16(15)25(11-4-10-22)18(27)13-29-20-24-23-19(17-7-3-12-28-17)26(20)14-8-9-14/h1-3,5-7,12,14H,4,8-9,11,13H2. The van der Waals surface area contributed by atoms with Crippen molar-refractivity contribution in [2.24, 2.45) is 0 Å². The molecule has 2 aromatic heterocycles. The van der Waals surface area contributed by atoms with Crippen LogP contribution in [-0.2, 0) is 4.79 Å². The van der Waals surface area contributed by atoms with Crippen LogP contribution in [0.4, 0.5) is 10.1 Å². The van der Waals surface area contributed by atoms with Crippen LogP contribution < -0.4 is 4.90 Å². The summed E-state index contributed by atoms with van der Waals surface area (Å²) >= 11 is 2.91. The minimum absolute atomic E-state index is 0.0923. The smallest absolute Gasteiger partial charge is 0.237 e. The fourth-order valence-corrected chi connectivity index (χ4v) is 4.61. The predicted molar refractivity (Wildman–Crippen MR) is 111 cm³/mol. The molecule has 0 radical (unpaired) electrons. The van der Waals surface area contributed by atoms with Gasteiger partial charge in [-0.3, -0.25) is 9.36 Å². The molecule has 6 nitrogen and oxygen atoms in total. The molecule has 0 bridgehead atoms. The van der Waals surface area contributed by atoms with E-state index in [1.54, 1.807) is 29.5 Å². The third kappa shape index (κ3) is 4.33. The van der Waals surface area contributed by atoms with E-state index < -0.39 is 5.82 Å². The summed E-state index contributed by atoms with van der Waals surface area (Å²) in [6.45, 7) is 0.145. The van der Waals surface area contributed by atoms with Gasteiger partial charge in [0.15, 0.2) is 11.0 Å². The molecule has 3 aromatic rings. The van der Waals surface area contributed by atoms with Gasteiger partial charge in [0.25, 0.3) is 0 Å². The number of thioether (sulfide) groups is 1. The molecule has 1 aliphatic rings. The summed E-state index contributed by atoms with van der Waals surface area (Å²) in [6, 6.07) is 12.5. The number of para-hydroxylation sites is 1. The number of anilines is 1. The van der Waals surface area contributed by atoms with Crippen LogP contribution >= 0.6 is 23.1 Å². The number of aromatic nitrogens is 3. The molecular weight excluding hydrogens is 409 g/mol. The van der Waals surface area contributed by atoms with E-state index in [2.05, 4.69) is 14.8 Å². The number of carbonyl (C=O) groups is 1. The van der Waals surface area contributed by atoms with Gasteiger partial charge >= 0.3 is 0 Å². The van der Waals surface area contributed by atoms with Gasteiger partial charge in [-0.05, 0) is 36.4 Å². The first kappa shape index (κ1) is 19.6. The summed E-state index contributed by atoms with van der Waals surface area (Å²) in [6.07, 6.45) is 2.27. The number of amides is 1. The lowest BCUT2D eigenvalue weighted by Gasteiger charge is -2.22. The fraction of sp³-hybridized carbons (Fsp3) is 0.300. The van der Waals surface area contributed by atoms with Gasteiger partial charge in [-0.1, -0.05) is 30.0 Å². The quantitative estimate of drug-likeness (QED) is 0.494. The first-order chi connectivity index (χ1) is 14.2. The Labute approximate surface area is 176 Å². The second kappa shape index (κ2) is 8.76. The van der Waals surface area contributed by atoms with Crippen molar-refractivity contribution in [3.8, 4) is 16.8 Å². The molecule has 0 atom stereocenters. The zero-order valence-corrected chi connectivity index (χ0v) is 17.1. The van der Waals surface area contributed by atoms with Gasteiger partial charge in [-0.25, -0.2) is 4.39 Å². The van der Waals surface area contributed by atoms with Gasteiger partial charge in [-0.15, -0.1) is 21.5 Å². The zero-order chi connectivity index (χ0) is 20.2. The minimum Gasteiger partial charge on any atom is -0.308 e. The van der Waals surface area contributed by atoms with Crippen molar-refractivity contribution >= 4 is 34.7 Å². The van der Waals surface area contributed by atoms with E-state index in [9.17, 15) is 9.18 Å². The second-order valence-electron chi connectivity index (χ2n) is 6.58. The molecule has 1 aromatic carbocycles. The van der Waals surface area contributed by atoms with Gasteiger partial charge in [0, 0.05) is 12.6 Å². The molecule has 9 heteroatoms. The van der Waals surface area contributed by atoms with Crippen molar-refractivity contribution in [1.82, 2.24) is 14.8 Å². The van der Waals surface area contributed by atoms with Gasteiger partial charge in [0.2, 0.25) is 5.91 Å². The van der Waals surface area contributed by atoms with Gasteiger partial charge in [-0.2, -0.15) is 5.26 Å². The molecule has 0 unspecified atom stereocenters. The third-order valence-corrected chi connectivity index (χ3v) is 6.33. The monoisotopic (exact) mass is 427 g/mol. The lowest BCUT2D eigenvalue weighted by atomic mass is 10.2. The maximum Gasteiger partial charge on any atom is 0.237 e. The molecule has 148 valence electrons. The van der Waals surface area contributed by atoms with Crippen molar-refractivity contribution in [3.05, 3.63) is 47.6 Å². The van der Waals surface area contributed by atoms with E-state index >= 15 is 0 Å². The van der Waals surface area contributed by atoms with Crippen molar-refractivity contribution < 1.29 is 9.18 Å². The Morgan fingerprint density at radius 1 is 1.31 bits per heavy atom. The van der Waals surface area contributed by atoms with E-state index in [4.69, 9.17) is 5.26 Å². The molecular formula is C20H18FN5OS2. The van der Waals surface area contributed by atoms with Crippen LogP contribution in [0, 0.1) is 17.1 Å². The Morgan fingerprint density at radius 2 is 2.14 bits per heavy atom. The van der Waals surface area contributed by atoms with Crippen LogP contribution in [0.2, 0.25) is 0 Å². The highest BCUT2D eigenvalue weighted by atomic mass is 32.2. The van der Waals surface area contributed by atoms with E-state index in [1.165, 1.54) is 22.7 Å². The summed E-state index contributed by atoms with van der Waals surface area (Å²) in [7, 11) is 0. The molecule has 29 heavy (non-hydrogen) atoms. The molecule has 2 heterocycles. The SMILES string of the molecule is N#CCCN(C(=O)CSc1nnc(-c2cccs2)n1C1CC1)c1ccccc1F. The lowest BCUT2D eigenvalue weighted by molar-refractivity contribution is -0.116. The Kier molecular flexibility index (Phi) is 5.92. The molecule has 1 fully saturated rings. The maximum absolute atomic E-state index is 14.2. The largest absolute Gasteiger partial charge is 0.308 e. The molecule has 1 amide bonds. The summed E-state index contributed by atoms with van der Waals surface area (Å²) in [5.74, 6) is 0.172. The number of hydrogen-bond acceptors (Lipinski definition) is 6. The van der Waals surface area contributed by atoms with Crippen LogP contribution in [0.15, 0.2) is 46.9 Å². The van der Waals surface area contributed by atoms with Crippen molar-refractivity contribution in [2.45, 2.75) is 30.5 Å². The highest BCUT2D eigenvalue weighted by molar-refractivity contribution is 7.99. The second-order valence-corrected chi connectivity index (χ2v) is 8.47. The summed E-state index contributed by atoms with van der Waals surface area (Å²) in [5, 5.41) is 20.2. The van der Waals surface area contributed by atoms with Gasteiger partial charge < -0.3 is 4.90 Å². The van der Waals surface area contributed by atoms with Gasteiger partial charge in [0.1, 0.15) is 5.82 Å². The Hall–Kier alpha value is -2.70. The van der Waals surface area contributed by atoms with Crippen LogP contribution in [0.25, 0.3) is 10.7 Å². The number of rotatable bonds is 8. The third-order valence-electron chi connectivity index (χ3n) is 4.53. The molecule has 0 spiro atoms. The van der Waals surface area contributed by atoms with Crippen LogP contribution in [0.1, 0.15) is 25.3 Å². The fourth-order valence-electron chi connectivity index (χ4n) is 3.03. The van der Waals surface area contributed by atoms with Crippen LogP contribution in [0.3, 0.4) is 0 Å². The highest BCUT2D eigenvalue weighted by Gasteiger charge is 2.31. The normalized spacial score (nSPS) is 13.2. The van der Waals surface area contributed by atoms with Crippen molar-refractivity contribution in [1.29, 1.82) is 5.26 Å². The average Bonchev–Trinajstić information content (AvgIpc) is 3.25. The van der Waals surface area contributed by atoms with E-state index in [0.29, 0.717) is 11.2 Å². The Morgan fingerprint density at radius 3 is 2.83 bits per heavy atom. The van der Waals surface area contributed by atoms with E-state index in [1.807, 2.05) is 23.6 Å². The number of hydrogen-bond donors (Lipinski definition) is 0.